The van der Waals surface area contributed by atoms with Crippen LogP contribution in [0.2, 0.25) is 0 Å². The molecule has 2 N–H and O–H groups in total. The Balaban J connectivity index is 3.63. The molecule has 0 amide bonds. The highest BCUT2D eigenvalue weighted by molar-refractivity contribution is 8.00. The van der Waals surface area contributed by atoms with Gasteiger partial charge in [0.1, 0.15) is 6.04 Å². The Labute approximate surface area is 77.3 Å². The fraction of sp³-hybridized carbons (Fsp3) is 0.625. The zero-order valence-corrected chi connectivity index (χ0v) is 8.26. The molecule has 12 heavy (non-hydrogen) atoms. The van der Waals surface area contributed by atoms with E-state index in [0.717, 1.165) is 0 Å². The molecule has 4 heteroatoms. The number of hydrogen-bond donors (Lipinski definition) is 1. The normalized spacial score (nSPS) is 14.9. The maximum atomic E-state index is 10.8. The molecule has 0 aliphatic heterocycles. The highest BCUT2D eigenvalue weighted by atomic mass is 32.2. The van der Waals surface area contributed by atoms with Gasteiger partial charge in [0.15, 0.2) is 0 Å². The van der Waals surface area contributed by atoms with Crippen molar-refractivity contribution in [2.45, 2.75) is 18.2 Å². The summed E-state index contributed by atoms with van der Waals surface area (Å²) in [6.45, 7) is 5.63. The molecular weight excluding hydrogens is 174 g/mol. The molecule has 0 heterocycles. The number of carbonyl (C=O) groups excluding carboxylic acids is 1. The van der Waals surface area contributed by atoms with Crippen LogP contribution < -0.4 is 5.73 Å². The SMILES string of the molecule is C=CC(C)SCC(N)C(=O)OC. The van der Waals surface area contributed by atoms with Crippen LogP contribution in [0.4, 0.5) is 0 Å². The van der Waals surface area contributed by atoms with Crippen LogP contribution in [-0.4, -0.2) is 30.1 Å². The monoisotopic (exact) mass is 189 g/mol. The van der Waals surface area contributed by atoms with Crippen molar-refractivity contribution in [1.29, 1.82) is 0 Å². The lowest BCUT2D eigenvalue weighted by Gasteiger charge is -2.10. The predicted molar refractivity (Wildman–Crippen MR) is 52.1 cm³/mol. The average Bonchev–Trinajstić information content (AvgIpc) is 2.11. The molecule has 2 atom stereocenters. The van der Waals surface area contributed by atoms with E-state index in [0.29, 0.717) is 11.0 Å². The van der Waals surface area contributed by atoms with Crippen LogP contribution in [0.25, 0.3) is 0 Å². The van der Waals surface area contributed by atoms with Gasteiger partial charge in [0.2, 0.25) is 0 Å². The third-order valence-corrected chi connectivity index (χ3v) is 2.64. The topological polar surface area (TPSA) is 52.3 Å². The van der Waals surface area contributed by atoms with E-state index in [9.17, 15) is 4.79 Å². The molecule has 0 aromatic rings. The minimum absolute atomic E-state index is 0.320. The molecule has 0 spiro atoms. The molecule has 0 aromatic heterocycles. The largest absolute Gasteiger partial charge is 0.468 e. The molecule has 0 saturated carbocycles. The molecule has 0 rings (SSSR count). The fourth-order valence-electron chi connectivity index (χ4n) is 0.543. The minimum atomic E-state index is -0.526. The van der Waals surface area contributed by atoms with Gasteiger partial charge in [-0.2, -0.15) is 11.8 Å². The van der Waals surface area contributed by atoms with Gasteiger partial charge in [0.05, 0.1) is 7.11 Å². The summed E-state index contributed by atoms with van der Waals surface area (Å²) in [5, 5.41) is 0.320. The summed E-state index contributed by atoms with van der Waals surface area (Å²) in [5.41, 5.74) is 5.50. The van der Waals surface area contributed by atoms with E-state index in [1.807, 2.05) is 13.0 Å². The highest BCUT2D eigenvalue weighted by Crippen LogP contribution is 2.11. The minimum Gasteiger partial charge on any atom is -0.468 e. The quantitative estimate of drug-likeness (QED) is 0.513. The van der Waals surface area contributed by atoms with E-state index in [-0.39, 0.29) is 5.97 Å². The smallest absolute Gasteiger partial charge is 0.323 e. The Kier molecular flexibility index (Phi) is 5.84. The van der Waals surface area contributed by atoms with Crippen molar-refractivity contribution in [1.82, 2.24) is 0 Å². The first kappa shape index (κ1) is 11.5. The lowest BCUT2D eigenvalue weighted by Crippen LogP contribution is -2.34. The number of nitrogens with two attached hydrogens (primary N) is 1. The second kappa shape index (κ2) is 6.08. The standard InChI is InChI=1S/C8H15NO2S/c1-4-6(2)12-5-7(9)8(10)11-3/h4,6-7H,1,5,9H2,2-3H3. The van der Waals surface area contributed by atoms with Crippen molar-refractivity contribution in [3.05, 3.63) is 12.7 Å². The van der Waals surface area contributed by atoms with E-state index in [4.69, 9.17) is 5.73 Å². The van der Waals surface area contributed by atoms with Crippen molar-refractivity contribution < 1.29 is 9.53 Å². The average molecular weight is 189 g/mol. The zero-order chi connectivity index (χ0) is 9.56. The van der Waals surface area contributed by atoms with E-state index >= 15 is 0 Å². The van der Waals surface area contributed by atoms with Gasteiger partial charge in [-0.25, -0.2) is 0 Å². The first-order valence-electron chi connectivity index (χ1n) is 3.69. The maximum Gasteiger partial charge on any atom is 0.323 e. The van der Waals surface area contributed by atoms with Crippen LogP contribution in [-0.2, 0) is 9.53 Å². The molecule has 70 valence electrons. The third-order valence-electron chi connectivity index (χ3n) is 1.37. The van der Waals surface area contributed by atoms with Crippen LogP contribution in [0.5, 0.6) is 0 Å². The highest BCUT2D eigenvalue weighted by Gasteiger charge is 2.13. The summed E-state index contributed by atoms with van der Waals surface area (Å²) in [5.74, 6) is 0.207. The number of ether oxygens (including phenoxy) is 1. The van der Waals surface area contributed by atoms with Crippen molar-refractivity contribution >= 4 is 17.7 Å². The fourth-order valence-corrected chi connectivity index (χ4v) is 1.33. The molecule has 2 unspecified atom stereocenters. The molecule has 0 fully saturated rings. The lowest BCUT2D eigenvalue weighted by molar-refractivity contribution is -0.141. The van der Waals surface area contributed by atoms with Gasteiger partial charge in [-0.05, 0) is 6.92 Å². The summed E-state index contributed by atoms with van der Waals surface area (Å²) in [6, 6.07) is -0.526. The zero-order valence-electron chi connectivity index (χ0n) is 7.45. The van der Waals surface area contributed by atoms with Crippen molar-refractivity contribution in [3.63, 3.8) is 0 Å². The summed E-state index contributed by atoms with van der Waals surface area (Å²) in [4.78, 5) is 10.8. The Bertz CT molecular complexity index is 161. The Morgan fingerprint density at radius 3 is 2.83 bits per heavy atom. The number of rotatable bonds is 5. The van der Waals surface area contributed by atoms with Crippen LogP contribution in [0.15, 0.2) is 12.7 Å². The maximum absolute atomic E-state index is 10.8. The third kappa shape index (κ3) is 4.41. The molecule has 3 nitrogen and oxygen atoms in total. The number of thioether (sulfide) groups is 1. The molecule has 0 aliphatic rings. The van der Waals surface area contributed by atoms with Crippen molar-refractivity contribution in [3.8, 4) is 0 Å². The second-order valence-corrected chi connectivity index (χ2v) is 3.81. The number of esters is 1. The Hall–Kier alpha value is -0.480. The molecular formula is C8H15NO2S. The van der Waals surface area contributed by atoms with Crippen LogP contribution in [0.1, 0.15) is 6.92 Å². The van der Waals surface area contributed by atoms with Crippen molar-refractivity contribution in [2.75, 3.05) is 12.9 Å². The van der Waals surface area contributed by atoms with E-state index in [1.54, 1.807) is 11.8 Å². The van der Waals surface area contributed by atoms with Gasteiger partial charge in [0.25, 0.3) is 0 Å². The van der Waals surface area contributed by atoms with Gasteiger partial charge in [-0.15, -0.1) is 6.58 Å². The molecule has 0 aliphatic carbocycles. The molecule has 0 saturated heterocycles. The number of methoxy groups -OCH3 is 1. The van der Waals surface area contributed by atoms with Gasteiger partial charge >= 0.3 is 5.97 Å². The summed E-state index contributed by atoms with van der Waals surface area (Å²) in [6.07, 6.45) is 1.81. The number of carbonyl (C=O) groups is 1. The summed E-state index contributed by atoms with van der Waals surface area (Å²) >= 11 is 1.58. The summed E-state index contributed by atoms with van der Waals surface area (Å²) in [7, 11) is 1.34. The van der Waals surface area contributed by atoms with Crippen LogP contribution in [0, 0.1) is 0 Å². The Morgan fingerprint density at radius 2 is 2.42 bits per heavy atom. The van der Waals surface area contributed by atoms with Crippen molar-refractivity contribution in [2.24, 2.45) is 5.73 Å². The molecule has 0 radical (unpaired) electrons. The Morgan fingerprint density at radius 1 is 1.83 bits per heavy atom. The van der Waals surface area contributed by atoms with Gasteiger partial charge < -0.3 is 10.5 Å². The molecule has 0 bridgehead atoms. The second-order valence-electron chi connectivity index (χ2n) is 2.40. The first-order chi connectivity index (χ1) is 5.61. The van der Waals surface area contributed by atoms with Crippen LogP contribution in [0.3, 0.4) is 0 Å². The van der Waals surface area contributed by atoms with Crippen LogP contribution >= 0.6 is 11.8 Å². The lowest BCUT2D eigenvalue weighted by atomic mass is 10.4. The predicted octanol–water partition coefficient (Wildman–Crippen LogP) is 0.794. The number of hydrogen-bond acceptors (Lipinski definition) is 4. The molecule has 0 aromatic carbocycles. The van der Waals surface area contributed by atoms with Gasteiger partial charge in [0, 0.05) is 11.0 Å². The van der Waals surface area contributed by atoms with Gasteiger partial charge in [-0.1, -0.05) is 6.08 Å². The summed E-state index contributed by atoms with van der Waals surface area (Å²) < 4.78 is 4.47. The van der Waals surface area contributed by atoms with E-state index in [1.165, 1.54) is 7.11 Å². The first-order valence-corrected chi connectivity index (χ1v) is 4.74. The van der Waals surface area contributed by atoms with Gasteiger partial charge in [-0.3, -0.25) is 4.79 Å². The van der Waals surface area contributed by atoms with E-state index in [2.05, 4.69) is 11.3 Å². The van der Waals surface area contributed by atoms with E-state index < -0.39 is 6.04 Å².